The molecule has 2 saturated heterocycles. The Morgan fingerprint density at radius 2 is 0.621 bits per heavy atom. The van der Waals surface area contributed by atoms with Crippen LogP contribution in [0.25, 0.3) is 0 Å². The molecule has 10 atom stereocenters. The molecule has 2 fully saturated rings. The first-order chi connectivity index (χ1) is 32.4. The summed E-state index contributed by atoms with van der Waals surface area (Å²) < 4.78 is 47.4. The Labute approximate surface area is 404 Å². The zero-order valence-electron chi connectivity index (χ0n) is 43.1. The van der Waals surface area contributed by atoms with E-state index in [0.29, 0.717) is 39.5 Å². The summed E-state index contributed by atoms with van der Waals surface area (Å²) >= 11 is 0. The molecule has 394 valence electrons. The van der Waals surface area contributed by atoms with Crippen LogP contribution in [0.15, 0.2) is 0 Å². The fourth-order valence-corrected chi connectivity index (χ4v) is 9.63. The van der Waals surface area contributed by atoms with Crippen LogP contribution in [0.5, 0.6) is 0 Å². The molecule has 66 heavy (non-hydrogen) atoms. The molecule has 0 aromatic carbocycles. The summed E-state index contributed by atoms with van der Waals surface area (Å²) in [5, 5.41) is 44.2. The van der Waals surface area contributed by atoms with Crippen molar-refractivity contribution in [3.8, 4) is 0 Å². The molecule has 0 aliphatic carbocycles. The van der Waals surface area contributed by atoms with E-state index >= 15 is 0 Å². The highest BCUT2D eigenvalue weighted by Crippen LogP contribution is 2.31. The Hall–Kier alpha value is -0.480. The van der Waals surface area contributed by atoms with Crippen molar-refractivity contribution in [3.05, 3.63) is 0 Å². The molecule has 0 aromatic heterocycles. The van der Waals surface area contributed by atoms with Crippen LogP contribution in [-0.4, -0.2) is 149 Å². The van der Waals surface area contributed by atoms with Gasteiger partial charge >= 0.3 is 0 Å². The van der Waals surface area contributed by atoms with Crippen molar-refractivity contribution >= 4 is 0 Å². The number of rotatable bonds is 47. The van der Waals surface area contributed by atoms with Gasteiger partial charge in [-0.05, 0) is 19.3 Å². The van der Waals surface area contributed by atoms with Gasteiger partial charge in [0.1, 0.15) is 24.4 Å². The van der Waals surface area contributed by atoms with E-state index in [1.54, 1.807) is 0 Å². The minimum Gasteiger partial charge on any atom is -0.390 e. The van der Waals surface area contributed by atoms with E-state index in [0.717, 1.165) is 19.4 Å². The number of hydrogen-bond donors (Lipinski definition) is 4. The lowest BCUT2D eigenvalue weighted by molar-refractivity contribution is -0.243. The minimum atomic E-state index is -1.17. The summed E-state index contributed by atoms with van der Waals surface area (Å²) in [5.74, 6) is -0.902. The van der Waals surface area contributed by atoms with Gasteiger partial charge in [-0.25, -0.2) is 0 Å². The molecule has 0 bridgehead atoms. The maximum absolute atomic E-state index is 11.2. The van der Waals surface area contributed by atoms with E-state index in [9.17, 15) is 20.4 Å². The Morgan fingerprint density at radius 1 is 0.303 bits per heavy atom. The summed E-state index contributed by atoms with van der Waals surface area (Å²) in [6.07, 6.45) is 30.9. The van der Waals surface area contributed by atoms with Crippen LogP contribution >= 0.6 is 0 Å². The predicted molar refractivity (Wildman–Crippen MR) is 265 cm³/mol. The molecular formula is C54H106O12. The van der Waals surface area contributed by atoms with Crippen molar-refractivity contribution < 1.29 is 58.3 Å². The average Bonchev–Trinajstić information content (AvgIpc) is 3.32. The number of ether oxygens (including phenoxy) is 8. The van der Waals surface area contributed by atoms with E-state index in [1.165, 1.54) is 174 Å². The molecular weight excluding hydrogens is 841 g/mol. The van der Waals surface area contributed by atoms with Crippen LogP contribution in [0.4, 0.5) is 0 Å². The zero-order valence-corrected chi connectivity index (χ0v) is 43.1. The van der Waals surface area contributed by atoms with E-state index in [-0.39, 0.29) is 39.0 Å². The van der Waals surface area contributed by atoms with E-state index in [2.05, 4.69) is 13.8 Å². The van der Waals surface area contributed by atoms with Gasteiger partial charge in [-0.2, -0.15) is 0 Å². The number of methoxy groups -OCH3 is 1. The average molecular weight is 947 g/mol. The van der Waals surface area contributed by atoms with Gasteiger partial charge in [0.25, 0.3) is 0 Å². The normalized spacial score (nSPS) is 25.8. The predicted octanol–water partition coefficient (Wildman–Crippen LogP) is 10.3. The Kier molecular flexibility index (Phi) is 40.5. The summed E-state index contributed by atoms with van der Waals surface area (Å²) in [4.78, 5) is 0. The molecule has 0 radical (unpaired) electrons. The van der Waals surface area contributed by atoms with Gasteiger partial charge in [-0.15, -0.1) is 0 Å². The third-order valence-corrected chi connectivity index (χ3v) is 14.0. The summed E-state index contributed by atoms with van der Waals surface area (Å²) in [5.41, 5.74) is 0. The first-order valence-corrected chi connectivity index (χ1v) is 27.8. The van der Waals surface area contributed by atoms with Gasteiger partial charge in [0.15, 0.2) is 0 Å². The molecule has 2 aliphatic rings. The molecule has 2 rings (SSSR count). The second kappa shape index (κ2) is 43.3. The maximum atomic E-state index is 11.2. The van der Waals surface area contributed by atoms with Gasteiger partial charge in [-0.3, -0.25) is 0 Å². The molecule has 0 spiro atoms. The van der Waals surface area contributed by atoms with E-state index in [4.69, 9.17) is 37.9 Å². The molecule has 12 nitrogen and oxygen atoms in total. The SMILES string of the molecule is CCCCCCCCCCCCCCCCOCCOCC1O[C@@H](COC[C@H]2C(O)C(O)[C@@H](COC)O[C@H]2COCCOCCCCCCCCCCCCCCCC)C(O)[C@@H](O)[C@H]1CC. The standard InChI is InChI=1S/C54H106O12/c1-5-8-10-12-14-16-18-20-22-24-26-28-30-32-34-60-36-38-62-42-47-45(7-3)51(55)54(58)50(65-47)44-64-40-46-48(66-49(41-59-4)53(57)52(46)56)43-63-39-37-61-35-33-31-29-27-25-23-21-19-17-15-13-11-9-6-2/h45-58H,5-44H2,1-4H3/t45-,46+,47?,48-,49+,50-,51-,52?,53?,54?/m0/s1. The second-order valence-electron chi connectivity index (χ2n) is 19.7. The lowest BCUT2D eigenvalue weighted by atomic mass is 9.85. The van der Waals surface area contributed by atoms with Crippen LogP contribution in [0, 0.1) is 11.8 Å². The quantitative estimate of drug-likeness (QED) is 0.0429. The molecule has 4 unspecified atom stereocenters. The lowest BCUT2D eigenvalue weighted by Crippen LogP contribution is -2.59. The molecule has 0 amide bonds. The first-order valence-electron chi connectivity index (χ1n) is 27.8. The highest BCUT2D eigenvalue weighted by Gasteiger charge is 2.46. The Balaban J connectivity index is 1.61. The van der Waals surface area contributed by atoms with Crippen molar-refractivity contribution in [2.24, 2.45) is 11.8 Å². The molecule has 2 heterocycles. The summed E-state index contributed by atoms with van der Waals surface area (Å²) in [6.45, 7) is 10.3. The van der Waals surface area contributed by atoms with Gasteiger partial charge in [0, 0.05) is 32.2 Å². The Bertz CT molecular complexity index is 1030. The van der Waals surface area contributed by atoms with Gasteiger partial charge in [-0.1, -0.05) is 188 Å². The third-order valence-electron chi connectivity index (χ3n) is 14.0. The maximum Gasteiger partial charge on any atom is 0.110 e. The van der Waals surface area contributed by atoms with Gasteiger partial charge < -0.3 is 58.3 Å². The number of unbranched alkanes of at least 4 members (excludes halogenated alkanes) is 26. The monoisotopic (exact) mass is 947 g/mol. The number of aliphatic hydroxyl groups is 4. The number of aliphatic hydroxyl groups excluding tert-OH is 4. The third kappa shape index (κ3) is 29.0. The highest BCUT2D eigenvalue weighted by molar-refractivity contribution is 4.94. The van der Waals surface area contributed by atoms with Gasteiger partial charge in [0.2, 0.25) is 0 Å². The van der Waals surface area contributed by atoms with Crippen molar-refractivity contribution in [3.63, 3.8) is 0 Å². The Morgan fingerprint density at radius 3 is 1.00 bits per heavy atom. The highest BCUT2D eigenvalue weighted by atomic mass is 16.6. The van der Waals surface area contributed by atoms with E-state index in [1.807, 2.05) is 6.92 Å². The van der Waals surface area contributed by atoms with Gasteiger partial charge in [0.05, 0.1) is 83.9 Å². The molecule has 0 saturated carbocycles. The molecule has 4 N–H and O–H groups in total. The van der Waals surface area contributed by atoms with Crippen molar-refractivity contribution in [2.75, 3.05) is 79.8 Å². The smallest absolute Gasteiger partial charge is 0.110 e. The van der Waals surface area contributed by atoms with Crippen molar-refractivity contribution in [1.29, 1.82) is 0 Å². The van der Waals surface area contributed by atoms with Crippen molar-refractivity contribution in [2.45, 2.75) is 256 Å². The number of hydrogen-bond acceptors (Lipinski definition) is 12. The second-order valence-corrected chi connectivity index (χ2v) is 19.7. The summed E-state index contributed by atoms with van der Waals surface area (Å²) in [6, 6.07) is 0. The summed E-state index contributed by atoms with van der Waals surface area (Å²) in [7, 11) is 1.53. The zero-order chi connectivity index (χ0) is 47.7. The largest absolute Gasteiger partial charge is 0.390 e. The van der Waals surface area contributed by atoms with Crippen LogP contribution < -0.4 is 0 Å². The van der Waals surface area contributed by atoms with Crippen LogP contribution in [0.1, 0.15) is 207 Å². The lowest BCUT2D eigenvalue weighted by Gasteiger charge is -2.44. The molecule has 0 aromatic rings. The first kappa shape index (κ1) is 61.6. The minimum absolute atomic E-state index is 0.0189. The fraction of sp³-hybridized carbons (Fsp3) is 1.00. The topological polar surface area (TPSA) is 155 Å². The van der Waals surface area contributed by atoms with Crippen LogP contribution in [0.2, 0.25) is 0 Å². The van der Waals surface area contributed by atoms with E-state index < -0.39 is 54.7 Å². The van der Waals surface area contributed by atoms with Crippen molar-refractivity contribution in [1.82, 2.24) is 0 Å². The fourth-order valence-electron chi connectivity index (χ4n) is 9.63. The molecule has 2 aliphatic heterocycles. The van der Waals surface area contributed by atoms with Crippen LogP contribution in [0.3, 0.4) is 0 Å². The van der Waals surface area contributed by atoms with Crippen LogP contribution in [-0.2, 0) is 37.9 Å². The molecule has 12 heteroatoms.